The quantitative estimate of drug-likeness (QED) is 0.719. The maximum atomic E-state index is 5.94. The van der Waals surface area contributed by atoms with Gasteiger partial charge in [0.1, 0.15) is 0 Å². The fourth-order valence-electron chi connectivity index (χ4n) is 1.88. The Kier molecular flexibility index (Phi) is 6.54. The summed E-state index contributed by atoms with van der Waals surface area (Å²) in [6.07, 6.45) is 1.17. The van der Waals surface area contributed by atoms with Crippen LogP contribution in [0.15, 0.2) is 36.4 Å². The van der Waals surface area contributed by atoms with Crippen LogP contribution in [0.2, 0.25) is 5.02 Å². The summed E-state index contributed by atoms with van der Waals surface area (Å²) in [5.41, 5.74) is 1.11. The standard InChI is InChI=1S/C16H20ClNOS/c1-2-8-18-10-15-6-7-16(20-15)12-19-11-13-4-3-5-14(17)9-13/h3-7,9,18H,2,8,10-12H2,1H3. The van der Waals surface area contributed by atoms with E-state index in [9.17, 15) is 0 Å². The third kappa shape index (κ3) is 5.25. The van der Waals surface area contributed by atoms with Gasteiger partial charge in [-0.2, -0.15) is 0 Å². The second-order valence-electron chi connectivity index (χ2n) is 4.67. The first kappa shape index (κ1) is 15.5. The average Bonchev–Trinajstić information content (AvgIpc) is 2.87. The van der Waals surface area contributed by atoms with Crippen LogP contribution in [0.5, 0.6) is 0 Å². The van der Waals surface area contributed by atoms with Gasteiger partial charge in [0.2, 0.25) is 0 Å². The van der Waals surface area contributed by atoms with Crippen LogP contribution in [0.3, 0.4) is 0 Å². The number of benzene rings is 1. The lowest BCUT2D eigenvalue weighted by atomic mass is 10.2. The van der Waals surface area contributed by atoms with E-state index in [1.165, 1.54) is 16.2 Å². The van der Waals surface area contributed by atoms with Crippen molar-refractivity contribution in [1.29, 1.82) is 0 Å². The zero-order valence-electron chi connectivity index (χ0n) is 11.7. The van der Waals surface area contributed by atoms with Crippen LogP contribution >= 0.6 is 22.9 Å². The number of hydrogen-bond acceptors (Lipinski definition) is 3. The normalized spacial score (nSPS) is 10.9. The highest BCUT2D eigenvalue weighted by Gasteiger charge is 2.01. The minimum absolute atomic E-state index is 0.599. The Morgan fingerprint density at radius 2 is 2.00 bits per heavy atom. The van der Waals surface area contributed by atoms with Crippen molar-refractivity contribution < 1.29 is 4.74 Å². The molecule has 1 heterocycles. The summed E-state index contributed by atoms with van der Waals surface area (Å²) in [5, 5.41) is 4.16. The van der Waals surface area contributed by atoms with Crippen molar-refractivity contribution in [2.24, 2.45) is 0 Å². The summed E-state index contributed by atoms with van der Waals surface area (Å²) in [5.74, 6) is 0. The SMILES string of the molecule is CCCNCc1ccc(COCc2cccc(Cl)c2)s1. The second-order valence-corrected chi connectivity index (χ2v) is 6.36. The zero-order valence-corrected chi connectivity index (χ0v) is 13.3. The Hall–Kier alpha value is -0.870. The summed E-state index contributed by atoms with van der Waals surface area (Å²) >= 11 is 7.75. The maximum Gasteiger partial charge on any atom is 0.0814 e. The van der Waals surface area contributed by atoms with Crippen molar-refractivity contribution in [1.82, 2.24) is 5.32 Å². The molecule has 1 aromatic heterocycles. The third-order valence-corrected chi connectivity index (χ3v) is 4.14. The van der Waals surface area contributed by atoms with Crippen LogP contribution in [-0.4, -0.2) is 6.54 Å². The van der Waals surface area contributed by atoms with Gasteiger partial charge in [-0.15, -0.1) is 11.3 Å². The summed E-state index contributed by atoms with van der Waals surface area (Å²) in [6, 6.07) is 12.1. The first-order valence-corrected chi connectivity index (χ1v) is 8.08. The molecule has 20 heavy (non-hydrogen) atoms. The van der Waals surface area contributed by atoms with Gasteiger partial charge in [0.15, 0.2) is 0 Å². The van der Waals surface area contributed by atoms with E-state index in [1.54, 1.807) is 0 Å². The molecule has 0 fully saturated rings. The predicted molar refractivity (Wildman–Crippen MR) is 86.3 cm³/mol. The number of halogens is 1. The van der Waals surface area contributed by atoms with Gasteiger partial charge in [-0.1, -0.05) is 30.7 Å². The van der Waals surface area contributed by atoms with Gasteiger partial charge in [0, 0.05) is 21.3 Å². The minimum atomic E-state index is 0.599. The summed E-state index contributed by atoms with van der Waals surface area (Å²) in [7, 11) is 0. The van der Waals surface area contributed by atoms with Crippen molar-refractivity contribution >= 4 is 22.9 Å². The highest BCUT2D eigenvalue weighted by Crippen LogP contribution is 2.18. The second kappa shape index (κ2) is 8.42. The fourth-order valence-corrected chi connectivity index (χ4v) is 3.02. The van der Waals surface area contributed by atoms with E-state index >= 15 is 0 Å². The number of hydrogen-bond donors (Lipinski definition) is 1. The molecule has 2 aromatic rings. The first-order valence-electron chi connectivity index (χ1n) is 6.88. The van der Waals surface area contributed by atoms with E-state index in [1.807, 2.05) is 35.6 Å². The third-order valence-electron chi connectivity index (χ3n) is 2.85. The van der Waals surface area contributed by atoms with E-state index < -0.39 is 0 Å². The number of thiophene rings is 1. The topological polar surface area (TPSA) is 21.3 Å². The molecule has 0 radical (unpaired) electrons. The van der Waals surface area contributed by atoms with Crippen LogP contribution in [0, 0.1) is 0 Å². The van der Waals surface area contributed by atoms with Crippen molar-refractivity contribution in [3.63, 3.8) is 0 Å². The molecule has 0 saturated heterocycles. The molecule has 2 nitrogen and oxygen atoms in total. The molecule has 0 amide bonds. The molecule has 0 aliphatic heterocycles. The monoisotopic (exact) mass is 309 g/mol. The predicted octanol–water partition coefficient (Wildman–Crippen LogP) is 4.62. The largest absolute Gasteiger partial charge is 0.371 e. The van der Waals surface area contributed by atoms with Gasteiger partial charge in [-0.05, 0) is 42.8 Å². The van der Waals surface area contributed by atoms with Crippen LogP contribution in [0.1, 0.15) is 28.7 Å². The van der Waals surface area contributed by atoms with Crippen LogP contribution in [-0.2, 0) is 24.5 Å². The molecule has 0 unspecified atom stereocenters. The maximum absolute atomic E-state index is 5.94. The van der Waals surface area contributed by atoms with Crippen molar-refractivity contribution in [3.05, 3.63) is 56.7 Å². The Labute approximate surface area is 129 Å². The van der Waals surface area contributed by atoms with Crippen LogP contribution in [0.4, 0.5) is 0 Å². The molecule has 0 bridgehead atoms. The number of nitrogens with one attached hydrogen (secondary N) is 1. The van der Waals surface area contributed by atoms with Gasteiger partial charge in [0.25, 0.3) is 0 Å². The minimum Gasteiger partial charge on any atom is -0.371 e. The first-order chi connectivity index (χ1) is 9.78. The molecule has 1 N–H and O–H groups in total. The molecule has 0 spiro atoms. The Bertz CT molecular complexity index is 527. The van der Waals surface area contributed by atoms with E-state index in [0.717, 1.165) is 23.7 Å². The molecular formula is C16H20ClNOS. The summed E-state index contributed by atoms with van der Waals surface area (Å²) in [6.45, 7) is 5.45. The van der Waals surface area contributed by atoms with Gasteiger partial charge >= 0.3 is 0 Å². The molecule has 1 aromatic carbocycles. The molecule has 2 rings (SSSR count). The Balaban J connectivity index is 1.74. The van der Waals surface area contributed by atoms with Gasteiger partial charge in [0.05, 0.1) is 13.2 Å². The van der Waals surface area contributed by atoms with Crippen molar-refractivity contribution in [2.45, 2.75) is 33.1 Å². The van der Waals surface area contributed by atoms with E-state index in [2.05, 4.69) is 24.4 Å². The van der Waals surface area contributed by atoms with Crippen molar-refractivity contribution in [3.8, 4) is 0 Å². The van der Waals surface area contributed by atoms with E-state index in [0.29, 0.717) is 13.2 Å². The number of ether oxygens (including phenoxy) is 1. The zero-order chi connectivity index (χ0) is 14.2. The van der Waals surface area contributed by atoms with Crippen molar-refractivity contribution in [2.75, 3.05) is 6.54 Å². The molecular weight excluding hydrogens is 290 g/mol. The van der Waals surface area contributed by atoms with E-state index in [4.69, 9.17) is 16.3 Å². The van der Waals surface area contributed by atoms with Gasteiger partial charge < -0.3 is 10.1 Å². The Morgan fingerprint density at radius 1 is 1.15 bits per heavy atom. The molecule has 0 aliphatic rings. The smallest absolute Gasteiger partial charge is 0.0814 e. The molecule has 0 atom stereocenters. The molecule has 0 aliphatic carbocycles. The lowest BCUT2D eigenvalue weighted by molar-refractivity contribution is 0.109. The highest BCUT2D eigenvalue weighted by molar-refractivity contribution is 7.11. The van der Waals surface area contributed by atoms with Gasteiger partial charge in [-0.25, -0.2) is 0 Å². The van der Waals surface area contributed by atoms with Gasteiger partial charge in [-0.3, -0.25) is 0 Å². The summed E-state index contributed by atoms with van der Waals surface area (Å²) < 4.78 is 5.73. The number of rotatable bonds is 8. The fraction of sp³-hybridized carbons (Fsp3) is 0.375. The lowest BCUT2D eigenvalue weighted by Gasteiger charge is -2.03. The van der Waals surface area contributed by atoms with Crippen LogP contribution in [0.25, 0.3) is 0 Å². The Morgan fingerprint density at radius 3 is 2.80 bits per heavy atom. The molecule has 0 saturated carbocycles. The summed E-state index contributed by atoms with van der Waals surface area (Å²) in [4.78, 5) is 2.63. The van der Waals surface area contributed by atoms with Crippen LogP contribution < -0.4 is 5.32 Å². The molecule has 4 heteroatoms. The molecule has 108 valence electrons. The lowest BCUT2D eigenvalue weighted by Crippen LogP contribution is -2.12. The van der Waals surface area contributed by atoms with E-state index in [-0.39, 0.29) is 0 Å². The average molecular weight is 310 g/mol. The highest BCUT2D eigenvalue weighted by atomic mass is 35.5.